The zero-order valence-corrected chi connectivity index (χ0v) is 28.8. The molecule has 1 aromatic heterocycles. The zero-order valence-electron chi connectivity index (χ0n) is 27.3. The van der Waals surface area contributed by atoms with Gasteiger partial charge in [-0.05, 0) is 75.6 Å². The third-order valence-corrected chi connectivity index (χ3v) is 10.7. The average Bonchev–Trinajstić information content (AvgIpc) is 3.60. The Hall–Kier alpha value is -2.62. The zero-order chi connectivity index (χ0) is 32.5. The molecule has 3 aliphatic rings. The molecule has 1 aliphatic carbocycles. The van der Waals surface area contributed by atoms with E-state index in [4.69, 9.17) is 32.7 Å². The maximum atomic E-state index is 14.0. The van der Waals surface area contributed by atoms with Gasteiger partial charge in [0, 0.05) is 54.8 Å². The molecule has 2 aliphatic heterocycles. The number of carbonyl (C=O) groups excluding carboxylic acids is 2. The van der Waals surface area contributed by atoms with E-state index in [9.17, 15) is 9.59 Å². The highest BCUT2D eigenvalue weighted by Crippen LogP contribution is 2.33. The van der Waals surface area contributed by atoms with Gasteiger partial charge in [0.1, 0.15) is 0 Å². The van der Waals surface area contributed by atoms with Gasteiger partial charge < -0.3 is 24.3 Å². The fraction of sp³-hybridized carbons (Fsp3) is 0.556. The molecule has 10 heteroatoms. The van der Waals surface area contributed by atoms with Gasteiger partial charge in [-0.3, -0.25) is 14.5 Å². The van der Waals surface area contributed by atoms with Gasteiger partial charge in [-0.25, -0.2) is 0 Å². The summed E-state index contributed by atoms with van der Waals surface area (Å²) in [6.07, 6.45) is 7.95. The maximum absolute atomic E-state index is 14.0. The number of fused-ring (bicyclic) bond motifs is 1. The van der Waals surface area contributed by atoms with Crippen LogP contribution in [0.3, 0.4) is 0 Å². The van der Waals surface area contributed by atoms with Gasteiger partial charge >= 0.3 is 0 Å². The Morgan fingerprint density at radius 3 is 2.43 bits per heavy atom. The van der Waals surface area contributed by atoms with Crippen LogP contribution in [0, 0.1) is 5.92 Å². The summed E-state index contributed by atoms with van der Waals surface area (Å²) in [4.78, 5) is 31.7. The van der Waals surface area contributed by atoms with Crippen LogP contribution in [0.4, 0.5) is 5.69 Å². The van der Waals surface area contributed by atoms with Crippen LogP contribution in [-0.2, 0) is 27.7 Å². The maximum Gasteiger partial charge on any atom is 0.257 e. The number of aryl methyl sites for hydroxylation is 1. The van der Waals surface area contributed by atoms with Gasteiger partial charge in [0.05, 0.1) is 53.7 Å². The lowest BCUT2D eigenvalue weighted by Gasteiger charge is -2.38. The van der Waals surface area contributed by atoms with Gasteiger partial charge in [0.15, 0.2) is 0 Å². The first-order valence-electron chi connectivity index (χ1n) is 16.7. The first-order valence-corrected chi connectivity index (χ1v) is 17.4. The summed E-state index contributed by atoms with van der Waals surface area (Å²) in [5.74, 6) is 0.491. The number of aromatic nitrogens is 1. The van der Waals surface area contributed by atoms with Crippen molar-refractivity contribution < 1.29 is 19.1 Å². The molecule has 248 valence electrons. The standard InChI is InChI=1S/C36H46Cl2N4O4/c1-22-9-11-28(12-10-22)45-21-27-15-26(41-17-23(2)46-24(3)18-41)19-42(27)35(43)14-25-13-32(38)33(16-31(25)37)39-36(44)30-20-40(4)34-8-6-5-7-29(30)34/h5-8,13,16,20,22-24,26-28H,9-12,14-15,17-19,21H2,1-4H3,(H,39,44)/t22-,23-,24+,26-,27-,28-/m0/s1. The molecule has 4 atom stereocenters. The van der Waals surface area contributed by atoms with Gasteiger partial charge in [0.25, 0.3) is 5.91 Å². The monoisotopic (exact) mass is 668 g/mol. The van der Waals surface area contributed by atoms with Crippen molar-refractivity contribution in [1.29, 1.82) is 0 Å². The molecule has 0 unspecified atom stereocenters. The highest BCUT2D eigenvalue weighted by atomic mass is 35.5. The number of hydrogen-bond donors (Lipinski definition) is 1. The molecule has 8 nitrogen and oxygen atoms in total. The molecule has 1 N–H and O–H groups in total. The number of nitrogens with zero attached hydrogens (tertiary/aromatic N) is 3. The van der Waals surface area contributed by atoms with E-state index in [0.29, 0.717) is 40.0 Å². The van der Waals surface area contributed by atoms with E-state index >= 15 is 0 Å². The van der Waals surface area contributed by atoms with E-state index in [1.807, 2.05) is 40.8 Å². The van der Waals surface area contributed by atoms with Crippen molar-refractivity contribution in [3.8, 4) is 0 Å². The normalized spacial score (nSPS) is 27.3. The number of halogens is 2. The SMILES string of the molecule is C[C@@H]1CN([C@H]2C[C@@H](CO[C@H]3CC[C@H](C)CC3)N(C(=O)Cc3cc(Cl)c(NC(=O)c4cn(C)c5ccccc45)cc3Cl)C2)C[C@H](C)O1. The lowest BCUT2D eigenvalue weighted by Crippen LogP contribution is -2.51. The molecule has 3 aromatic rings. The number of carbonyl (C=O) groups is 2. The van der Waals surface area contributed by atoms with E-state index in [1.165, 1.54) is 12.8 Å². The first kappa shape index (κ1) is 33.3. The predicted molar refractivity (Wildman–Crippen MR) is 184 cm³/mol. The Balaban J connectivity index is 1.15. The highest BCUT2D eigenvalue weighted by molar-refractivity contribution is 6.36. The number of amides is 2. The Bertz CT molecular complexity index is 1560. The predicted octanol–water partition coefficient (Wildman–Crippen LogP) is 6.95. The van der Waals surface area contributed by atoms with Crippen LogP contribution in [0.25, 0.3) is 10.9 Å². The second-order valence-corrected chi connectivity index (χ2v) is 14.6. The van der Waals surface area contributed by atoms with E-state index in [1.54, 1.807) is 18.3 Å². The highest BCUT2D eigenvalue weighted by Gasteiger charge is 2.40. The van der Waals surface area contributed by atoms with Crippen molar-refractivity contribution in [1.82, 2.24) is 14.4 Å². The fourth-order valence-corrected chi connectivity index (χ4v) is 8.04. The third-order valence-electron chi connectivity index (χ3n) is 10.0. The van der Waals surface area contributed by atoms with Gasteiger partial charge in [-0.1, -0.05) is 48.3 Å². The number of morpholine rings is 1. The molecular formula is C36H46Cl2N4O4. The quantitative estimate of drug-likeness (QED) is 0.281. The summed E-state index contributed by atoms with van der Waals surface area (Å²) in [5.41, 5.74) is 2.56. The van der Waals surface area contributed by atoms with Gasteiger partial charge in [-0.15, -0.1) is 0 Å². The molecule has 2 amide bonds. The Morgan fingerprint density at radius 2 is 1.70 bits per heavy atom. The lowest BCUT2D eigenvalue weighted by atomic mass is 9.89. The van der Waals surface area contributed by atoms with Crippen LogP contribution >= 0.6 is 23.2 Å². The number of para-hydroxylation sites is 1. The molecular weight excluding hydrogens is 623 g/mol. The van der Waals surface area contributed by atoms with Crippen LogP contribution < -0.4 is 5.32 Å². The number of anilines is 1. The number of rotatable bonds is 8. The third kappa shape index (κ3) is 7.42. The van der Waals surface area contributed by atoms with Crippen molar-refractivity contribution in [2.24, 2.45) is 13.0 Å². The van der Waals surface area contributed by atoms with Crippen LogP contribution in [-0.4, -0.2) is 82.8 Å². The Kier molecular flexibility index (Phi) is 10.3. The summed E-state index contributed by atoms with van der Waals surface area (Å²) in [6, 6.07) is 11.3. The summed E-state index contributed by atoms with van der Waals surface area (Å²) < 4.78 is 14.4. The summed E-state index contributed by atoms with van der Waals surface area (Å²) in [5, 5.41) is 4.50. The van der Waals surface area contributed by atoms with Gasteiger partial charge in [-0.2, -0.15) is 0 Å². The van der Waals surface area contributed by atoms with Gasteiger partial charge in [0.2, 0.25) is 5.91 Å². The van der Waals surface area contributed by atoms with Crippen LogP contribution in [0.5, 0.6) is 0 Å². The summed E-state index contributed by atoms with van der Waals surface area (Å²) >= 11 is 13.4. The molecule has 2 saturated heterocycles. The van der Waals surface area contributed by atoms with Crippen molar-refractivity contribution in [2.75, 3.05) is 31.6 Å². The molecule has 3 heterocycles. The van der Waals surface area contributed by atoms with Crippen molar-refractivity contribution >= 4 is 51.6 Å². The van der Waals surface area contributed by atoms with Crippen LogP contribution in [0.2, 0.25) is 10.0 Å². The lowest BCUT2D eigenvalue weighted by molar-refractivity contribution is -0.133. The summed E-state index contributed by atoms with van der Waals surface area (Å²) in [6.45, 7) is 9.46. The molecule has 3 fully saturated rings. The minimum absolute atomic E-state index is 0.00110. The second kappa shape index (κ2) is 14.2. The van der Waals surface area contributed by atoms with Crippen molar-refractivity contribution in [3.05, 3.63) is 63.8 Å². The van der Waals surface area contributed by atoms with Crippen molar-refractivity contribution in [3.63, 3.8) is 0 Å². The molecule has 0 radical (unpaired) electrons. The number of likely N-dealkylation sites (tertiary alicyclic amines) is 1. The molecule has 0 spiro atoms. The Morgan fingerprint density at radius 1 is 0.978 bits per heavy atom. The van der Waals surface area contributed by atoms with E-state index in [0.717, 1.165) is 49.2 Å². The topological polar surface area (TPSA) is 76.0 Å². The minimum Gasteiger partial charge on any atom is -0.376 e. The number of hydrogen-bond acceptors (Lipinski definition) is 5. The number of nitrogens with one attached hydrogen (secondary N) is 1. The second-order valence-electron chi connectivity index (χ2n) is 13.7. The smallest absolute Gasteiger partial charge is 0.257 e. The number of ether oxygens (including phenoxy) is 2. The molecule has 0 bridgehead atoms. The van der Waals surface area contributed by atoms with E-state index < -0.39 is 0 Å². The van der Waals surface area contributed by atoms with Crippen LogP contribution in [0.15, 0.2) is 42.6 Å². The summed E-state index contributed by atoms with van der Waals surface area (Å²) in [7, 11) is 1.91. The largest absolute Gasteiger partial charge is 0.376 e. The first-order chi connectivity index (χ1) is 22.0. The minimum atomic E-state index is -0.274. The molecule has 46 heavy (non-hydrogen) atoms. The number of benzene rings is 2. The van der Waals surface area contributed by atoms with Crippen molar-refractivity contribution in [2.45, 2.75) is 89.7 Å². The molecule has 6 rings (SSSR count). The van der Waals surface area contributed by atoms with E-state index in [2.05, 4.69) is 31.0 Å². The molecule has 1 saturated carbocycles. The van der Waals surface area contributed by atoms with Crippen LogP contribution in [0.1, 0.15) is 68.8 Å². The molecule has 2 aromatic carbocycles. The average molecular weight is 670 g/mol. The fourth-order valence-electron chi connectivity index (χ4n) is 7.58. The Labute approximate surface area is 282 Å². The van der Waals surface area contributed by atoms with E-state index in [-0.39, 0.29) is 48.6 Å².